The highest BCUT2D eigenvalue weighted by molar-refractivity contribution is 6.03. The number of hydrogen-bond donors (Lipinski definition) is 0. The van der Waals surface area contributed by atoms with Crippen LogP contribution >= 0.6 is 0 Å². The van der Waals surface area contributed by atoms with Crippen LogP contribution in [-0.4, -0.2) is 33.1 Å². The van der Waals surface area contributed by atoms with E-state index in [1.807, 2.05) is 13.8 Å². The van der Waals surface area contributed by atoms with Crippen molar-refractivity contribution in [2.45, 2.75) is 39.7 Å². The third kappa shape index (κ3) is 1.91. The normalized spacial score (nSPS) is 23.4. The molecular formula is C12H17N3O3. The summed E-state index contributed by atoms with van der Waals surface area (Å²) in [6.07, 6.45) is 2.13. The van der Waals surface area contributed by atoms with E-state index in [0.29, 0.717) is 18.9 Å². The van der Waals surface area contributed by atoms with Gasteiger partial charge in [-0.1, -0.05) is 0 Å². The Bertz CT molecular complexity index is 481. The molecule has 0 bridgehead atoms. The van der Waals surface area contributed by atoms with E-state index in [1.165, 1.54) is 13.3 Å². The molecule has 0 saturated carbocycles. The fourth-order valence-corrected chi connectivity index (χ4v) is 2.26. The Kier molecular flexibility index (Phi) is 3.19. The Balaban J connectivity index is 2.33. The first-order valence-corrected chi connectivity index (χ1v) is 6.04. The molecule has 1 saturated heterocycles. The molecule has 1 fully saturated rings. The number of aromatic nitrogens is 3. The molecule has 6 nitrogen and oxygen atoms in total. The Morgan fingerprint density at radius 1 is 1.61 bits per heavy atom. The zero-order valence-electron chi connectivity index (χ0n) is 10.8. The second-order valence-corrected chi connectivity index (χ2v) is 4.92. The fraction of sp³-hybridized carbons (Fsp3) is 0.667. The first kappa shape index (κ1) is 12.7. The highest BCUT2D eigenvalue weighted by Gasteiger charge is 2.49. The Labute approximate surface area is 105 Å². The number of nitrogens with zero attached hydrogens (tertiary/aromatic N) is 3. The highest BCUT2D eigenvalue weighted by Crippen LogP contribution is 2.34. The van der Waals surface area contributed by atoms with E-state index in [0.717, 1.165) is 0 Å². The van der Waals surface area contributed by atoms with Crippen molar-refractivity contribution < 1.29 is 14.3 Å². The topological polar surface area (TPSA) is 74.1 Å². The van der Waals surface area contributed by atoms with Gasteiger partial charge in [0.15, 0.2) is 0 Å². The minimum Gasteiger partial charge on any atom is -0.465 e. The van der Waals surface area contributed by atoms with Gasteiger partial charge in [-0.2, -0.15) is 5.10 Å². The number of carbonyl (C=O) groups is 2. The smallest absolute Gasteiger partial charge is 0.320 e. The van der Waals surface area contributed by atoms with Crippen LogP contribution in [0.2, 0.25) is 0 Å². The number of rotatable bonds is 4. The van der Waals surface area contributed by atoms with Crippen LogP contribution in [0, 0.1) is 5.41 Å². The van der Waals surface area contributed by atoms with Crippen LogP contribution in [-0.2, 0) is 20.7 Å². The zero-order valence-corrected chi connectivity index (χ0v) is 10.8. The van der Waals surface area contributed by atoms with Gasteiger partial charge in [0.2, 0.25) is 0 Å². The van der Waals surface area contributed by atoms with Gasteiger partial charge in [0.1, 0.15) is 23.3 Å². The average molecular weight is 251 g/mol. The Morgan fingerprint density at radius 3 is 2.83 bits per heavy atom. The van der Waals surface area contributed by atoms with Gasteiger partial charge in [-0.15, -0.1) is 0 Å². The summed E-state index contributed by atoms with van der Waals surface area (Å²) in [6.45, 7) is 5.69. The maximum Gasteiger partial charge on any atom is 0.320 e. The predicted octanol–water partition coefficient (Wildman–Crippen LogP) is 0.924. The van der Waals surface area contributed by atoms with E-state index >= 15 is 0 Å². The van der Waals surface area contributed by atoms with Crippen molar-refractivity contribution in [3.05, 3.63) is 12.2 Å². The summed E-state index contributed by atoms with van der Waals surface area (Å²) in [7, 11) is 0. The van der Waals surface area contributed by atoms with Crippen molar-refractivity contribution >= 4 is 11.8 Å². The first-order valence-electron chi connectivity index (χ1n) is 6.04. The minimum absolute atomic E-state index is 0.143. The second-order valence-electron chi connectivity index (χ2n) is 4.92. The molecule has 1 unspecified atom stereocenters. The average Bonchev–Trinajstić information content (AvgIpc) is 2.87. The molecule has 0 aromatic carbocycles. The molecular weight excluding hydrogens is 234 g/mol. The van der Waals surface area contributed by atoms with Gasteiger partial charge in [0.05, 0.1) is 6.61 Å². The highest BCUT2D eigenvalue weighted by atomic mass is 16.5. The number of Topliss-reactive ketones (excluding diaryl/α,β-unsaturated/α-hetero) is 1. The largest absolute Gasteiger partial charge is 0.465 e. The molecule has 0 aliphatic carbocycles. The van der Waals surface area contributed by atoms with Crippen molar-refractivity contribution in [1.82, 2.24) is 14.8 Å². The predicted molar refractivity (Wildman–Crippen MR) is 62.8 cm³/mol. The SMILES string of the molecule is CC(=O)C1(Cc2ncnn2C(C)C)CCOC1=O. The van der Waals surface area contributed by atoms with E-state index in [1.54, 1.807) is 4.68 Å². The monoisotopic (exact) mass is 251 g/mol. The van der Waals surface area contributed by atoms with E-state index in [2.05, 4.69) is 10.1 Å². The number of cyclic esters (lactones) is 1. The van der Waals surface area contributed by atoms with Crippen molar-refractivity contribution in [2.24, 2.45) is 5.41 Å². The minimum atomic E-state index is -1.07. The van der Waals surface area contributed by atoms with E-state index in [-0.39, 0.29) is 18.2 Å². The van der Waals surface area contributed by atoms with E-state index < -0.39 is 11.4 Å². The third-order valence-electron chi connectivity index (χ3n) is 3.42. The summed E-state index contributed by atoms with van der Waals surface area (Å²) in [6, 6.07) is 0.143. The number of carbonyl (C=O) groups excluding carboxylic acids is 2. The lowest BCUT2D eigenvalue weighted by Crippen LogP contribution is -2.37. The van der Waals surface area contributed by atoms with Crippen LogP contribution in [0.5, 0.6) is 0 Å². The van der Waals surface area contributed by atoms with Gasteiger partial charge >= 0.3 is 5.97 Å². The molecule has 1 aliphatic heterocycles. The molecule has 18 heavy (non-hydrogen) atoms. The second kappa shape index (κ2) is 4.51. The molecule has 2 rings (SSSR count). The van der Waals surface area contributed by atoms with Crippen LogP contribution in [0.3, 0.4) is 0 Å². The van der Waals surface area contributed by atoms with Crippen LogP contribution in [0.25, 0.3) is 0 Å². The van der Waals surface area contributed by atoms with Crippen molar-refractivity contribution in [3.63, 3.8) is 0 Å². The molecule has 0 amide bonds. The van der Waals surface area contributed by atoms with Gasteiger partial charge in [0, 0.05) is 18.9 Å². The summed E-state index contributed by atoms with van der Waals surface area (Å²) < 4.78 is 6.69. The lowest BCUT2D eigenvalue weighted by Gasteiger charge is -2.21. The van der Waals surface area contributed by atoms with E-state index in [4.69, 9.17) is 4.74 Å². The Hall–Kier alpha value is -1.72. The summed E-state index contributed by atoms with van der Waals surface area (Å²) in [4.78, 5) is 27.8. The summed E-state index contributed by atoms with van der Waals surface area (Å²) in [5.41, 5.74) is -1.07. The maximum absolute atomic E-state index is 11.8. The zero-order chi connectivity index (χ0) is 13.3. The fourth-order valence-electron chi connectivity index (χ4n) is 2.26. The van der Waals surface area contributed by atoms with Crippen molar-refractivity contribution in [3.8, 4) is 0 Å². The molecule has 6 heteroatoms. The molecule has 0 spiro atoms. The summed E-state index contributed by atoms with van der Waals surface area (Å²) in [5, 5.41) is 4.12. The van der Waals surface area contributed by atoms with Crippen molar-refractivity contribution in [1.29, 1.82) is 0 Å². The lowest BCUT2D eigenvalue weighted by atomic mass is 9.79. The number of hydrogen-bond acceptors (Lipinski definition) is 5. The van der Waals surface area contributed by atoms with Gasteiger partial charge in [0.25, 0.3) is 0 Å². The molecule has 0 N–H and O–H groups in total. The standard InChI is InChI=1S/C12H17N3O3/c1-8(2)15-10(13-7-14-15)6-12(9(3)16)4-5-18-11(12)17/h7-8H,4-6H2,1-3H3. The molecule has 1 aliphatic rings. The molecule has 0 radical (unpaired) electrons. The van der Waals surface area contributed by atoms with Crippen LogP contribution in [0.1, 0.15) is 39.1 Å². The molecule has 1 aromatic heterocycles. The number of esters is 1. The number of ether oxygens (including phenoxy) is 1. The van der Waals surface area contributed by atoms with Gasteiger partial charge < -0.3 is 4.74 Å². The Morgan fingerprint density at radius 2 is 2.33 bits per heavy atom. The lowest BCUT2D eigenvalue weighted by molar-refractivity contribution is -0.150. The van der Waals surface area contributed by atoms with Crippen LogP contribution in [0.4, 0.5) is 0 Å². The summed E-state index contributed by atoms with van der Waals surface area (Å²) in [5.74, 6) is 0.0515. The third-order valence-corrected chi connectivity index (χ3v) is 3.42. The molecule has 98 valence electrons. The van der Waals surface area contributed by atoms with Gasteiger partial charge in [-0.25, -0.2) is 9.67 Å². The van der Waals surface area contributed by atoms with E-state index in [9.17, 15) is 9.59 Å². The molecule has 2 heterocycles. The van der Waals surface area contributed by atoms with Crippen LogP contribution in [0.15, 0.2) is 6.33 Å². The van der Waals surface area contributed by atoms with Gasteiger partial charge in [-0.05, 0) is 20.8 Å². The van der Waals surface area contributed by atoms with Crippen molar-refractivity contribution in [2.75, 3.05) is 6.61 Å². The first-order chi connectivity index (χ1) is 8.47. The number of ketones is 1. The quantitative estimate of drug-likeness (QED) is 0.587. The van der Waals surface area contributed by atoms with Gasteiger partial charge in [-0.3, -0.25) is 9.59 Å². The maximum atomic E-state index is 11.8. The molecule has 1 aromatic rings. The van der Waals surface area contributed by atoms with Crippen LogP contribution < -0.4 is 0 Å². The summed E-state index contributed by atoms with van der Waals surface area (Å²) >= 11 is 0. The molecule has 1 atom stereocenters.